The van der Waals surface area contributed by atoms with Crippen LogP contribution in [0, 0.1) is 6.92 Å². The van der Waals surface area contributed by atoms with Crippen molar-refractivity contribution in [1.29, 1.82) is 0 Å². The molecule has 2 amide bonds. The topological polar surface area (TPSA) is 58.6 Å². The Bertz CT molecular complexity index is 835. The number of nitrogens with one attached hydrogen (secondary N) is 1. The third kappa shape index (κ3) is 3.92. The first-order valence-corrected chi connectivity index (χ1v) is 10.3. The van der Waals surface area contributed by atoms with E-state index >= 15 is 0 Å². The van der Waals surface area contributed by atoms with Gasteiger partial charge in [-0.25, -0.2) is 0 Å². The van der Waals surface area contributed by atoms with Gasteiger partial charge in [0, 0.05) is 24.8 Å². The standard InChI is InChI=1S/C21H24N2O3S/c1-15-11-18(27-13-15)20(25)23-9-8-21(14-23)12-17(7-10-26-21)22-19(24)16-5-3-2-4-6-16/h2-6,11,13,17H,7-10,12,14H2,1H3,(H,22,24)/t17-,21-/m1/s1. The van der Waals surface area contributed by atoms with E-state index in [0.717, 1.165) is 29.7 Å². The highest BCUT2D eigenvalue weighted by Gasteiger charge is 2.45. The van der Waals surface area contributed by atoms with E-state index in [0.29, 0.717) is 25.3 Å². The van der Waals surface area contributed by atoms with Crippen LogP contribution < -0.4 is 5.32 Å². The lowest BCUT2D eigenvalue weighted by Crippen LogP contribution is -2.50. The summed E-state index contributed by atoms with van der Waals surface area (Å²) >= 11 is 1.50. The molecule has 0 saturated carbocycles. The van der Waals surface area contributed by atoms with Crippen LogP contribution in [0.25, 0.3) is 0 Å². The summed E-state index contributed by atoms with van der Waals surface area (Å²) in [5.74, 6) is 0.0432. The van der Waals surface area contributed by atoms with Crippen LogP contribution >= 0.6 is 11.3 Å². The van der Waals surface area contributed by atoms with Crippen molar-refractivity contribution in [1.82, 2.24) is 10.2 Å². The van der Waals surface area contributed by atoms with E-state index in [1.165, 1.54) is 11.3 Å². The second kappa shape index (κ2) is 7.44. The molecule has 6 heteroatoms. The molecule has 27 heavy (non-hydrogen) atoms. The Morgan fingerprint density at radius 2 is 2.11 bits per heavy atom. The number of likely N-dealkylation sites (tertiary alicyclic amines) is 1. The van der Waals surface area contributed by atoms with Crippen LogP contribution in [0.1, 0.15) is 44.9 Å². The number of nitrogens with zero attached hydrogens (tertiary/aromatic N) is 1. The largest absolute Gasteiger partial charge is 0.373 e. The Labute approximate surface area is 163 Å². The molecule has 2 fully saturated rings. The maximum atomic E-state index is 12.7. The van der Waals surface area contributed by atoms with Crippen molar-refractivity contribution < 1.29 is 14.3 Å². The number of aryl methyl sites for hydroxylation is 1. The van der Waals surface area contributed by atoms with E-state index in [4.69, 9.17) is 4.74 Å². The zero-order valence-electron chi connectivity index (χ0n) is 15.4. The Hall–Kier alpha value is -2.18. The molecular weight excluding hydrogens is 360 g/mol. The summed E-state index contributed by atoms with van der Waals surface area (Å²) in [4.78, 5) is 27.9. The van der Waals surface area contributed by atoms with E-state index in [1.807, 2.05) is 53.6 Å². The molecule has 1 N–H and O–H groups in total. The normalized spacial score (nSPS) is 24.9. The van der Waals surface area contributed by atoms with Crippen LogP contribution in [-0.2, 0) is 4.74 Å². The number of carbonyl (C=O) groups excluding carboxylic acids is 2. The molecule has 2 aromatic rings. The van der Waals surface area contributed by atoms with Crippen LogP contribution in [0.2, 0.25) is 0 Å². The zero-order chi connectivity index (χ0) is 18.9. The number of benzene rings is 1. The third-order valence-electron chi connectivity index (χ3n) is 5.41. The highest BCUT2D eigenvalue weighted by atomic mass is 32.1. The lowest BCUT2D eigenvalue weighted by atomic mass is 9.89. The maximum Gasteiger partial charge on any atom is 0.264 e. The molecule has 2 aliphatic heterocycles. The van der Waals surface area contributed by atoms with E-state index in [9.17, 15) is 9.59 Å². The second-order valence-electron chi connectivity index (χ2n) is 7.53. The predicted octanol–water partition coefficient (Wildman–Crippen LogP) is 3.25. The fraction of sp³-hybridized carbons (Fsp3) is 0.429. The first-order chi connectivity index (χ1) is 13.0. The van der Waals surface area contributed by atoms with E-state index in [1.54, 1.807) is 0 Å². The number of amides is 2. The van der Waals surface area contributed by atoms with Crippen molar-refractivity contribution in [3.05, 3.63) is 57.8 Å². The SMILES string of the molecule is Cc1csc(C(=O)N2CC[C@@]3(C[C@H](NC(=O)c4ccccc4)CCO3)C2)c1. The number of ether oxygens (including phenoxy) is 1. The zero-order valence-corrected chi connectivity index (χ0v) is 16.3. The van der Waals surface area contributed by atoms with Gasteiger partial charge in [0.25, 0.3) is 11.8 Å². The molecule has 0 unspecified atom stereocenters. The molecule has 0 bridgehead atoms. The van der Waals surface area contributed by atoms with E-state index in [-0.39, 0.29) is 23.5 Å². The van der Waals surface area contributed by atoms with Gasteiger partial charge < -0.3 is 15.0 Å². The molecule has 2 atom stereocenters. The van der Waals surface area contributed by atoms with Crippen LogP contribution in [0.15, 0.2) is 41.8 Å². The fourth-order valence-electron chi connectivity index (χ4n) is 4.01. The molecule has 1 aromatic carbocycles. The average Bonchev–Trinajstić information content (AvgIpc) is 3.29. The van der Waals surface area contributed by atoms with Gasteiger partial charge in [0.15, 0.2) is 0 Å². The van der Waals surface area contributed by atoms with Crippen molar-refractivity contribution in [2.45, 2.75) is 37.8 Å². The quantitative estimate of drug-likeness (QED) is 0.884. The number of rotatable bonds is 3. The highest BCUT2D eigenvalue weighted by Crippen LogP contribution is 2.35. The molecule has 2 saturated heterocycles. The summed E-state index contributed by atoms with van der Waals surface area (Å²) in [5, 5.41) is 5.15. The molecule has 3 heterocycles. The van der Waals surface area contributed by atoms with E-state index in [2.05, 4.69) is 5.32 Å². The lowest BCUT2D eigenvalue weighted by molar-refractivity contribution is -0.0777. The molecule has 5 nitrogen and oxygen atoms in total. The smallest absolute Gasteiger partial charge is 0.264 e. The molecule has 1 spiro atoms. The Morgan fingerprint density at radius 3 is 2.85 bits per heavy atom. The van der Waals surface area contributed by atoms with Crippen molar-refractivity contribution >= 4 is 23.2 Å². The number of hydrogen-bond donors (Lipinski definition) is 1. The van der Waals surface area contributed by atoms with Gasteiger partial charge in [-0.1, -0.05) is 18.2 Å². The minimum Gasteiger partial charge on any atom is -0.373 e. The summed E-state index contributed by atoms with van der Waals surface area (Å²) in [6, 6.07) is 11.3. The predicted molar refractivity (Wildman–Crippen MR) is 105 cm³/mol. The molecular formula is C21H24N2O3S. The summed E-state index contributed by atoms with van der Waals surface area (Å²) in [7, 11) is 0. The van der Waals surface area contributed by atoms with Crippen molar-refractivity contribution in [2.24, 2.45) is 0 Å². The number of carbonyl (C=O) groups is 2. The van der Waals surface area contributed by atoms with Crippen molar-refractivity contribution in [3.8, 4) is 0 Å². The Balaban J connectivity index is 1.39. The minimum atomic E-state index is -0.338. The van der Waals surface area contributed by atoms with Crippen molar-refractivity contribution in [3.63, 3.8) is 0 Å². The molecule has 0 aliphatic carbocycles. The molecule has 1 aromatic heterocycles. The Morgan fingerprint density at radius 1 is 1.30 bits per heavy atom. The molecule has 2 aliphatic rings. The van der Waals surface area contributed by atoms with Gasteiger partial charge in [0.05, 0.1) is 17.0 Å². The van der Waals surface area contributed by atoms with Gasteiger partial charge in [0.2, 0.25) is 0 Å². The second-order valence-corrected chi connectivity index (χ2v) is 8.44. The number of thiophene rings is 1. The summed E-state index contributed by atoms with van der Waals surface area (Å²) in [5.41, 5.74) is 1.46. The average molecular weight is 385 g/mol. The molecule has 142 valence electrons. The Kier molecular flexibility index (Phi) is 5.02. The first-order valence-electron chi connectivity index (χ1n) is 9.39. The molecule has 4 rings (SSSR count). The third-order valence-corrected chi connectivity index (χ3v) is 6.45. The maximum absolute atomic E-state index is 12.7. The van der Waals surface area contributed by atoms with Crippen molar-refractivity contribution in [2.75, 3.05) is 19.7 Å². The van der Waals surface area contributed by atoms with Gasteiger partial charge in [-0.3, -0.25) is 9.59 Å². The minimum absolute atomic E-state index is 0.0439. The van der Waals surface area contributed by atoms with Crippen LogP contribution in [0.5, 0.6) is 0 Å². The summed E-state index contributed by atoms with van der Waals surface area (Å²) < 4.78 is 6.12. The van der Waals surface area contributed by atoms with Gasteiger partial charge in [-0.15, -0.1) is 11.3 Å². The summed E-state index contributed by atoms with van der Waals surface area (Å²) in [6.45, 7) is 3.92. The lowest BCUT2D eigenvalue weighted by Gasteiger charge is -2.38. The van der Waals surface area contributed by atoms with Crippen LogP contribution in [0.4, 0.5) is 0 Å². The van der Waals surface area contributed by atoms with Gasteiger partial charge in [0.1, 0.15) is 0 Å². The number of hydrogen-bond acceptors (Lipinski definition) is 4. The fourth-order valence-corrected chi connectivity index (χ4v) is 4.88. The van der Waals surface area contributed by atoms with Crippen LogP contribution in [-0.4, -0.2) is 48.1 Å². The van der Waals surface area contributed by atoms with Gasteiger partial charge in [-0.05, 0) is 55.3 Å². The first kappa shape index (κ1) is 18.2. The molecule has 0 radical (unpaired) electrons. The van der Waals surface area contributed by atoms with E-state index < -0.39 is 0 Å². The van der Waals surface area contributed by atoms with Gasteiger partial charge >= 0.3 is 0 Å². The monoisotopic (exact) mass is 384 g/mol. The summed E-state index contributed by atoms with van der Waals surface area (Å²) in [6.07, 6.45) is 2.37. The van der Waals surface area contributed by atoms with Crippen LogP contribution in [0.3, 0.4) is 0 Å². The highest BCUT2D eigenvalue weighted by molar-refractivity contribution is 7.12. The van der Waals surface area contributed by atoms with Gasteiger partial charge in [-0.2, -0.15) is 0 Å².